The topological polar surface area (TPSA) is 162 Å². The van der Waals surface area contributed by atoms with Gasteiger partial charge in [0.25, 0.3) is 0 Å². The molecule has 0 aromatic heterocycles. The van der Waals surface area contributed by atoms with Crippen LogP contribution in [0, 0.1) is 0 Å². The van der Waals surface area contributed by atoms with Crippen molar-refractivity contribution in [1.82, 2.24) is 0 Å². The van der Waals surface area contributed by atoms with Gasteiger partial charge in [0.05, 0.1) is 39.6 Å². The number of aliphatic hydroxyl groups is 8. The summed E-state index contributed by atoms with van der Waals surface area (Å²) in [4.78, 5) is 0. The summed E-state index contributed by atoms with van der Waals surface area (Å²) in [6, 6.07) is 0. The average Bonchev–Trinajstić information content (AvgIpc) is 2.37. The van der Waals surface area contributed by atoms with Crippen molar-refractivity contribution in [3.63, 3.8) is 0 Å². The third-order valence-electron chi connectivity index (χ3n) is 0.943. The highest BCUT2D eigenvalue weighted by Crippen LogP contribution is 1.72. The van der Waals surface area contributed by atoms with Crippen molar-refractivity contribution < 1.29 is 40.9 Å². The number of hydrogen-bond donors (Lipinski definition) is 8. The van der Waals surface area contributed by atoms with Gasteiger partial charge >= 0.3 is 0 Å². The Kier molecular flexibility index (Phi) is 26.5. The maximum atomic E-state index is 8.17. The molecule has 0 aliphatic heterocycles. The lowest BCUT2D eigenvalue weighted by Gasteiger charge is -1.96. The smallest absolute Gasteiger partial charge is 0.100 e. The van der Waals surface area contributed by atoms with Crippen LogP contribution in [-0.2, 0) is 0 Å². The molecule has 102 valence electrons. The molecule has 0 saturated heterocycles. The zero-order valence-electron chi connectivity index (χ0n) is 8.98. The van der Waals surface area contributed by atoms with E-state index in [2.05, 4.69) is 0 Å². The van der Waals surface area contributed by atoms with E-state index >= 15 is 0 Å². The SMILES string of the molecule is OCC(O)CO.OCC(O)CO.OCCO. The summed E-state index contributed by atoms with van der Waals surface area (Å²) in [5, 5.41) is 63.3. The summed E-state index contributed by atoms with van der Waals surface area (Å²) < 4.78 is 0. The van der Waals surface area contributed by atoms with E-state index in [1.165, 1.54) is 0 Å². The number of rotatable bonds is 5. The van der Waals surface area contributed by atoms with Crippen molar-refractivity contribution >= 4 is 0 Å². The Morgan fingerprint density at radius 1 is 0.500 bits per heavy atom. The Bertz CT molecular complexity index is 82.0. The Labute approximate surface area is 93.7 Å². The van der Waals surface area contributed by atoms with Gasteiger partial charge in [-0.3, -0.25) is 0 Å². The molecule has 0 aliphatic rings. The maximum absolute atomic E-state index is 8.17. The minimum Gasteiger partial charge on any atom is -0.394 e. The van der Waals surface area contributed by atoms with Crippen LogP contribution in [0.15, 0.2) is 0 Å². The van der Waals surface area contributed by atoms with Crippen LogP contribution in [0.25, 0.3) is 0 Å². The van der Waals surface area contributed by atoms with Crippen LogP contribution in [0.3, 0.4) is 0 Å². The molecule has 0 heterocycles. The van der Waals surface area contributed by atoms with Crippen LogP contribution in [0.4, 0.5) is 0 Å². The molecule has 0 spiro atoms. The Hall–Kier alpha value is -0.320. The predicted molar refractivity (Wildman–Crippen MR) is 54.5 cm³/mol. The first-order valence-corrected chi connectivity index (χ1v) is 4.55. The van der Waals surface area contributed by atoms with E-state index in [9.17, 15) is 0 Å². The molecule has 0 aromatic carbocycles. The molecule has 16 heavy (non-hydrogen) atoms. The number of hydrogen-bond acceptors (Lipinski definition) is 8. The van der Waals surface area contributed by atoms with E-state index < -0.39 is 12.2 Å². The lowest BCUT2D eigenvalue weighted by atomic mass is 10.4. The highest BCUT2D eigenvalue weighted by molar-refractivity contribution is 4.44. The fraction of sp³-hybridized carbons (Fsp3) is 1.00. The first-order chi connectivity index (χ1) is 7.53. The molecular weight excluding hydrogens is 224 g/mol. The molecule has 8 N–H and O–H groups in total. The van der Waals surface area contributed by atoms with Crippen molar-refractivity contribution in [2.24, 2.45) is 0 Å². The molecule has 0 radical (unpaired) electrons. The van der Waals surface area contributed by atoms with E-state index in [0.717, 1.165) is 0 Å². The predicted octanol–water partition coefficient (Wildman–Crippen LogP) is -4.37. The molecule has 0 bridgehead atoms. The van der Waals surface area contributed by atoms with E-state index in [4.69, 9.17) is 40.9 Å². The second kappa shape index (κ2) is 20.1. The lowest BCUT2D eigenvalue weighted by Crippen LogP contribution is -2.15. The molecule has 0 aliphatic carbocycles. The minimum absolute atomic E-state index is 0.125. The van der Waals surface area contributed by atoms with E-state index in [1.54, 1.807) is 0 Å². The largest absolute Gasteiger partial charge is 0.394 e. The molecule has 8 heteroatoms. The minimum atomic E-state index is -0.954. The summed E-state index contributed by atoms with van der Waals surface area (Å²) in [6.45, 7) is -1.71. The second-order valence-electron chi connectivity index (χ2n) is 2.49. The van der Waals surface area contributed by atoms with E-state index in [0.29, 0.717) is 0 Å². The van der Waals surface area contributed by atoms with Gasteiger partial charge in [0.15, 0.2) is 0 Å². The standard InChI is InChI=1S/2C3H8O3.C2H6O2/c2*4-1-3(6)2-5;3-1-2-4/h2*3-6H,1-2H2;3-4H,1-2H2. The van der Waals surface area contributed by atoms with Crippen LogP contribution in [0.2, 0.25) is 0 Å². The molecule has 0 saturated carbocycles. The Morgan fingerprint density at radius 3 is 0.688 bits per heavy atom. The molecule has 0 rings (SSSR count). The van der Waals surface area contributed by atoms with Gasteiger partial charge in [0, 0.05) is 0 Å². The second-order valence-corrected chi connectivity index (χ2v) is 2.49. The normalized spacial score (nSPS) is 9.38. The molecule has 8 nitrogen and oxygen atoms in total. The molecule has 0 amide bonds. The van der Waals surface area contributed by atoms with Gasteiger partial charge < -0.3 is 40.9 Å². The van der Waals surface area contributed by atoms with Crippen molar-refractivity contribution in [2.75, 3.05) is 39.6 Å². The number of aliphatic hydroxyl groups excluding tert-OH is 8. The molecule has 0 atom stereocenters. The summed E-state index contributed by atoms with van der Waals surface area (Å²) in [5.41, 5.74) is 0. The lowest BCUT2D eigenvalue weighted by molar-refractivity contribution is 0.0450. The van der Waals surface area contributed by atoms with Gasteiger partial charge in [-0.2, -0.15) is 0 Å². The summed E-state index contributed by atoms with van der Waals surface area (Å²) in [7, 11) is 0. The van der Waals surface area contributed by atoms with Gasteiger partial charge in [-0.05, 0) is 0 Å². The quantitative estimate of drug-likeness (QED) is 0.241. The maximum Gasteiger partial charge on any atom is 0.100 e. The van der Waals surface area contributed by atoms with Crippen molar-refractivity contribution in [1.29, 1.82) is 0 Å². The first kappa shape index (κ1) is 21.0. The highest BCUT2D eigenvalue weighted by atomic mass is 16.4. The Balaban J connectivity index is -0.000000162. The van der Waals surface area contributed by atoms with Gasteiger partial charge in [0.2, 0.25) is 0 Å². The third kappa shape index (κ3) is 29.2. The zero-order chi connectivity index (χ0) is 13.4. The van der Waals surface area contributed by atoms with Gasteiger partial charge in [-0.25, -0.2) is 0 Å². The average molecular weight is 246 g/mol. The molecule has 0 fully saturated rings. The third-order valence-corrected chi connectivity index (χ3v) is 0.943. The van der Waals surface area contributed by atoms with Gasteiger partial charge in [0.1, 0.15) is 12.2 Å². The van der Waals surface area contributed by atoms with E-state index in [-0.39, 0.29) is 39.6 Å². The van der Waals surface area contributed by atoms with Crippen LogP contribution in [0.5, 0.6) is 0 Å². The van der Waals surface area contributed by atoms with Gasteiger partial charge in [-0.1, -0.05) is 0 Å². The fourth-order valence-electron chi connectivity index (χ4n) is 0.115. The summed E-state index contributed by atoms with van der Waals surface area (Å²) >= 11 is 0. The summed E-state index contributed by atoms with van der Waals surface area (Å²) in [5.74, 6) is 0. The molecule has 0 unspecified atom stereocenters. The fourth-order valence-corrected chi connectivity index (χ4v) is 0.115. The van der Waals surface area contributed by atoms with Crippen LogP contribution < -0.4 is 0 Å². The Morgan fingerprint density at radius 2 is 0.688 bits per heavy atom. The monoisotopic (exact) mass is 246 g/mol. The van der Waals surface area contributed by atoms with Crippen LogP contribution in [-0.4, -0.2) is 92.7 Å². The van der Waals surface area contributed by atoms with Crippen molar-refractivity contribution in [3.05, 3.63) is 0 Å². The van der Waals surface area contributed by atoms with Crippen molar-refractivity contribution in [3.8, 4) is 0 Å². The summed E-state index contributed by atoms with van der Waals surface area (Å²) in [6.07, 6.45) is -1.91. The van der Waals surface area contributed by atoms with Crippen LogP contribution in [0.1, 0.15) is 0 Å². The van der Waals surface area contributed by atoms with Gasteiger partial charge in [-0.15, -0.1) is 0 Å². The molecule has 0 aromatic rings. The zero-order valence-corrected chi connectivity index (χ0v) is 8.98. The van der Waals surface area contributed by atoms with Crippen LogP contribution >= 0.6 is 0 Å². The molecular formula is C8H22O8. The van der Waals surface area contributed by atoms with E-state index in [1.807, 2.05) is 0 Å². The highest BCUT2D eigenvalue weighted by Gasteiger charge is 1.94. The first-order valence-electron chi connectivity index (χ1n) is 4.55. The van der Waals surface area contributed by atoms with Crippen molar-refractivity contribution in [2.45, 2.75) is 12.2 Å².